The van der Waals surface area contributed by atoms with Gasteiger partial charge in [-0.1, -0.05) is 121 Å². The van der Waals surface area contributed by atoms with Gasteiger partial charge in [-0.15, -0.1) is 0 Å². The minimum absolute atomic E-state index is 0.618. The summed E-state index contributed by atoms with van der Waals surface area (Å²) < 4.78 is 12.1. The van der Waals surface area contributed by atoms with Crippen LogP contribution in [0.5, 0.6) is 0 Å². The number of hydrogen-bond donors (Lipinski definition) is 0. The van der Waals surface area contributed by atoms with Crippen LogP contribution in [0.4, 0.5) is 0 Å². The van der Waals surface area contributed by atoms with E-state index in [0.29, 0.717) is 17.5 Å². The highest BCUT2D eigenvalue weighted by molar-refractivity contribution is 6.07. The second-order valence-corrected chi connectivity index (χ2v) is 12.4. The first-order valence-electron chi connectivity index (χ1n) is 16.6. The summed E-state index contributed by atoms with van der Waals surface area (Å²) in [6.45, 7) is 0. The van der Waals surface area contributed by atoms with Gasteiger partial charge in [-0.25, -0.2) is 15.0 Å². The molecular formula is C45H27N3O2. The lowest BCUT2D eigenvalue weighted by atomic mass is 10.0. The number of fused-ring (bicyclic) bond motifs is 6. The molecule has 0 fully saturated rings. The zero-order valence-corrected chi connectivity index (χ0v) is 26.7. The molecular weight excluding hydrogens is 615 g/mol. The third-order valence-corrected chi connectivity index (χ3v) is 9.35. The fourth-order valence-corrected chi connectivity index (χ4v) is 6.81. The van der Waals surface area contributed by atoms with E-state index in [9.17, 15) is 0 Å². The highest BCUT2D eigenvalue weighted by Gasteiger charge is 2.15. The SMILES string of the molecule is c1ccc(-c2nc(-c3ccc(-c4ccc5oc6ccccc6c5c4)cc3)nc(-c3cccc(-c4ccc5oc6ccccc6c5c4)c3)n2)cc1. The van der Waals surface area contributed by atoms with Gasteiger partial charge in [-0.3, -0.25) is 0 Å². The maximum absolute atomic E-state index is 6.08. The molecule has 3 heterocycles. The number of aromatic nitrogens is 3. The van der Waals surface area contributed by atoms with E-state index in [1.807, 2.05) is 78.9 Å². The molecule has 0 radical (unpaired) electrons. The Labute approximate surface area is 287 Å². The van der Waals surface area contributed by atoms with Crippen molar-refractivity contribution in [3.8, 4) is 56.4 Å². The molecule has 10 aromatic rings. The van der Waals surface area contributed by atoms with E-state index < -0.39 is 0 Å². The van der Waals surface area contributed by atoms with Gasteiger partial charge in [0.15, 0.2) is 17.5 Å². The van der Waals surface area contributed by atoms with Gasteiger partial charge >= 0.3 is 0 Å². The zero-order chi connectivity index (χ0) is 33.0. The molecule has 0 amide bonds. The smallest absolute Gasteiger partial charge is 0.164 e. The van der Waals surface area contributed by atoms with Gasteiger partial charge in [-0.2, -0.15) is 0 Å². The third kappa shape index (κ3) is 4.83. The molecule has 0 spiro atoms. The van der Waals surface area contributed by atoms with Crippen LogP contribution in [0.3, 0.4) is 0 Å². The summed E-state index contributed by atoms with van der Waals surface area (Å²) in [5, 5.41) is 4.43. The van der Waals surface area contributed by atoms with Gasteiger partial charge in [0.05, 0.1) is 0 Å². The van der Waals surface area contributed by atoms with Crippen LogP contribution < -0.4 is 0 Å². The molecule has 10 rings (SSSR count). The Kier molecular flexibility index (Phi) is 6.42. The Balaban J connectivity index is 1.04. The number of rotatable bonds is 5. The second-order valence-electron chi connectivity index (χ2n) is 12.4. The van der Waals surface area contributed by atoms with E-state index in [1.165, 1.54) is 0 Å². The van der Waals surface area contributed by atoms with Crippen molar-refractivity contribution in [2.45, 2.75) is 0 Å². The fourth-order valence-electron chi connectivity index (χ4n) is 6.81. The maximum atomic E-state index is 6.08. The van der Waals surface area contributed by atoms with Crippen molar-refractivity contribution in [2.75, 3.05) is 0 Å². The van der Waals surface area contributed by atoms with Crippen LogP contribution in [-0.2, 0) is 0 Å². The summed E-state index contributed by atoms with van der Waals surface area (Å²) in [5.41, 5.74) is 10.7. The molecule has 0 aliphatic heterocycles. The summed E-state index contributed by atoms with van der Waals surface area (Å²) in [6.07, 6.45) is 0. The number of nitrogens with zero attached hydrogens (tertiary/aromatic N) is 3. The molecule has 234 valence electrons. The normalized spacial score (nSPS) is 11.6. The molecule has 0 aliphatic carbocycles. The van der Waals surface area contributed by atoms with Gasteiger partial charge in [0.25, 0.3) is 0 Å². The molecule has 0 bridgehead atoms. The van der Waals surface area contributed by atoms with Gasteiger partial charge in [-0.05, 0) is 64.7 Å². The van der Waals surface area contributed by atoms with E-state index in [0.717, 1.165) is 82.8 Å². The topological polar surface area (TPSA) is 65.0 Å². The van der Waals surface area contributed by atoms with Crippen molar-refractivity contribution in [2.24, 2.45) is 0 Å². The summed E-state index contributed by atoms with van der Waals surface area (Å²) in [4.78, 5) is 15.0. The van der Waals surface area contributed by atoms with Crippen molar-refractivity contribution in [1.82, 2.24) is 15.0 Å². The van der Waals surface area contributed by atoms with Crippen molar-refractivity contribution in [3.05, 3.63) is 164 Å². The quantitative estimate of drug-likeness (QED) is 0.187. The Bertz CT molecular complexity index is 2870. The molecule has 5 heteroatoms. The van der Waals surface area contributed by atoms with E-state index in [-0.39, 0.29) is 0 Å². The largest absolute Gasteiger partial charge is 0.456 e. The molecule has 0 aliphatic rings. The Morgan fingerprint density at radius 1 is 0.260 bits per heavy atom. The molecule has 0 saturated carbocycles. The minimum atomic E-state index is 0.618. The Hall–Kier alpha value is -6.85. The summed E-state index contributed by atoms with van der Waals surface area (Å²) >= 11 is 0. The maximum Gasteiger partial charge on any atom is 0.164 e. The first-order valence-corrected chi connectivity index (χ1v) is 16.6. The number of furan rings is 2. The molecule has 3 aromatic heterocycles. The predicted octanol–water partition coefficient (Wildman–Crippen LogP) is 12.0. The summed E-state index contributed by atoms with van der Waals surface area (Å²) in [5.74, 6) is 1.86. The molecule has 50 heavy (non-hydrogen) atoms. The molecule has 0 unspecified atom stereocenters. The highest BCUT2D eigenvalue weighted by Crippen LogP contribution is 2.35. The first kappa shape index (κ1) is 28.2. The van der Waals surface area contributed by atoms with Crippen LogP contribution >= 0.6 is 0 Å². The molecule has 0 atom stereocenters. The lowest BCUT2D eigenvalue weighted by Crippen LogP contribution is -2.00. The number of benzene rings is 7. The minimum Gasteiger partial charge on any atom is -0.456 e. The average molecular weight is 642 g/mol. The van der Waals surface area contributed by atoms with Gasteiger partial charge in [0.1, 0.15) is 22.3 Å². The van der Waals surface area contributed by atoms with Crippen molar-refractivity contribution in [3.63, 3.8) is 0 Å². The fraction of sp³-hybridized carbons (Fsp3) is 0. The van der Waals surface area contributed by atoms with E-state index in [1.54, 1.807) is 0 Å². The average Bonchev–Trinajstić information content (AvgIpc) is 3.76. The lowest BCUT2D eigenvalue weighted by Gasteiger charge is -2.10. The van der Waals surface area contributed by atoms with Gasteiger partial charge in [0.2, 0.25) is 0 Å². The third-order valence-electron chi connectivity index (χ3n) is 9.35. The van der Waals surface area contributed by atoms with Crippen molar-refractivity contribution < 1.29 is 8.83 Å². The van der Waals surface area contributed by atoms with Crippen LogP contribution in [0.15, 0.2) is 173 Å². The first-order chi connectivity index (χ1) is 24.7. The van der Waals surface area contributed by atoms with Crippen molar-refractivity contribution in [1.29, 1.82) is 0 Å². The summed E-state index contributed by atoms with van der Waals surface area (Å²) in [7, 11) is 0. The van der Waals surface area contributed by atoms with E-state index >= 15 is 0 Å². The molecule has 5 nitrogen and oxygen atoms in total. The second kappa shape index (κ2) is 11.4. The van der Waals surface area contributed by atoms with Gasteiger partial charge in [0, 0.05) is 38.2 Å². The zero-order valence-electron chi connectivity index (χ0n) is 26.7. The summed E-state index contributed by atoms with van der Waals surface area (Å²) in [6, 6.07) is 55.9. The van der Waals surface area contributed by atoms with Crippen molar-refractivity contribution >= 4 is 43.9 Å². The van der Waals surface area contributed by atoms with Crippen LogP contribution in [-0.4, -0.2) is 15.0 Å². The Morgan fingerprint density at radius 3 is 1.28 bits per heavy atom. The standard InChI is InChI=1S/C45H27N3O2/c1-2-9-29(10-3-1)43-46-44(30-19-17-28(18-20-30)32-21-23-41-37(26-32)35-13-4-6-15-39(35)49-41)48-45(47-43)34-12-8-11-31(25-34)33-22-24-42-38(27-33)36-14-5-7-16-40(36)50-42/h1-27H. The molecule has 0 saturated heterocycles. The van der Waals surface area contributed by atoms with Crippen LogP contribution in [0.25, 0.3) is 100 Å². The monoisotopic (exact) mass is 641 g/mol. The van der Waals surface area contributed by atoms with Crippen LogP contribution in [0.1, 0.15) is 0 Å². The molecule has 0 N–H and O–H groups in total. The van der Waals surface area contributed by atoms with Crippen LogP contribution in [0, 0.1) is 0 Å². The number of hydrogen-bond acceptors (Lipinski definition) is 5. The lowest BCUT2D eigenvalue weighted by molar-refractivity contribution is 0.668. The highest BCUT2D eigenvalue weighted by atomic mass is 16.3. The van der Waals surface area contributed by atoms with E-state index in [2.05, 4.69) is 84.9 Å². The van der Waals surface area contributed by atoms with E-state index in [4.69, 9.17) is 23.8 Å². The van der Waals surface area contributed by atoms with Gasteiger partial charge < -0.3 is 8.83 Å². The Morgan fingerprint density at radius 2 is 0.660 bits per heavy atom. The molecule has 7 aromatic carbocycles. The number of para-hydroxylation sites is 2. The van der Waals surface area contributed by atoms with Crippen LogP contribution in [0.2, 0.25) is 0 Å². The predicted molar refractivity (Wildman–Crippen MR) is 202 cm³/mol.